The van der Waals surface area contributed by atoms with Gasteiger partial charge in [-0.05, 0) is 0 Å². The van der Waals surface area contributed by atoms with Gasteiger partial charge in [-0.25, -0.2) is 4.79 Å². The minimum Gasteiger partial charge on any atom is -0.475 e. The van der Waals surface area contributed by atoms with Crippen molar-refractivity contribution in [1.82, 2.24) is 0 Å². The molecule has 8 heteroatoms. The molecule has 0 fully saturated rings. The lowest BCUT2D eigenvalue weighted by Crippen LogP contribution is -2.21. The van der Waals surface area contributed by atoms with Crippen LogP contribution in [0.4, 0.5) is 13.2 Å². The van der Waals surface area contributed by atoms with Gasteiger partial charge in [-0.3, -0.25) is 4.79 Å². The summed E-state index contributed by atoms with van der Waals surface area (Å²) in [5.41, 5.74) is 0. The van der Waals surface area contributed by atoms with Gasteiger partial charge in [-0.1, -0.05) is 5.16 Å². The van der Waals surface area contributed by atoms with E-state index in [-0.39, 0.29) is 5.78 Å². The fraction of sp³-hybridized carbons (Fsp3) is 0.286. The molecule has 84 valence electrons. The number of allylic oxidation sites excluding steroid dienone is 1. The van der Waals surface area contributed by atoms with Gasteiger partial charge < -0.3 is 9.94 Å². The van der Waals surface area contributed by atoms with Gasteiger partial charge in [0.25, 0.3) is 0 Å². The molecule has 0 amide bonds. The number of hydrogen-bond acceptors (Lipinski definition) is 4. The van der Waals surface area contributed by atoms with Crippen LogP contribution in [0.5, 0.6) is 0 Å². The minimum absolute atomic E-state index is 0.0197. The van der Waals surface area contributed by atoms with E-state index in [1.807, 2.05) is 0 Å². The maximum absolute atomic E-state index is 10.6. The van der Waals surface area contributed by atoms with Crippen LogP contribution in [0.2, 0.25) is 0 Å². The number of nitrogens with zero attached hydrogens (tertiary/aromatic N) is 1. The van der Waals surface area contributed by atoms with E-state index >= 15 is 0 Å². The SMILES string of the molecule is O=C(O)C(F)(F)F.O=C1C=CON=CC1. The minimum atomic E-state index is -5.08. The van der Waals surface area contributed by atoms with Crippen LogP contribution in [-0.4, -0.2) is 29.2 Å². The zero-order valence-corrected chi connectivity index (χ0v) is 7.19. The molecule has 0 saturated heterocycles. The van der Waals surface area contributed by atoms with E-state index in [9.17, 15) is 18.0 Å². The van der Waals surface area contributed by atoms with Gasteiger partial charge in [0, 0.05) is 12.5 Å². The monoisotopic (exact) mass is 225 g/mol. The van der Waals surface area contributed by atoms with E-state index < -0.39 is 12.1 Å². The Kier molecular flexibility index (Phi) is 5.07. The van der Waals surface area contributed by atoms with Gasteiger partial charge in [-0.2, -0.15) is 13.2 Å². The Balaban J connectivity index is 0.000000265. The number of oxime groups is 1. The number of aliphatic carboxylic acids is 1. The molecule has 0 aliphatic carbocycles. The molecule has 1 rings (SSSR count). The van der Waals surface area contributed by atoms with Crippen molar-refractivity contribution in [3.8, 4) is 0 Å². The number of carbonyl (C=O) groups excluding carboxylic acids is 1. The van der Waals surface area contributed by atoms with Gasteiger partial charge in [-0.15, -0.1) is 0 Å². The van der Waals surface area contributed by atoms with Crippen molar-refractivity contribution in [2.75, 3.05) is 0 Å². The Labute approximate surface area is 81.8 Å². The van der Waals surface area contributed by atoms with Crippen molar-refractivity contribution in [3.63, 3.8) is 0 Å². The molecule has 0 saturated carbocycles. The van der Waals surface area contributed by atoms with Crippen LogP contribution in [0.25, 0.3) is 0 Å². The summed E-state index contributed by atoms with van der Waals surface area (Å²) < 4.78 is 31.7. The summed E-state index contributed by atoms with van der Waals surface area (Å²) >= 11 is 0. The third-order valence-electron chi connectivity index (χ3n) is 0.985. The number of alkyl halides is 3. The molecular weight excluding hydrogens is 219 g/mol. The Morgan fingerprint density at radius 3 is 2.53 bits per heavy atom. The maximum Gasteiger partial charge on any atom is 0.490 e. The normalized spacial score (nSPS) is 14.7. The number of carboxylic acid groups (broad SMARTS) is 1. The number of carbonyl (C=O) groups is 2. The van der Waals surface area contributed by atoms with Crippen molar-refractivity contribution in [3.05, 3.63) is 12.3 Å². The van der Waals surface area contributed by atoms with Crippen LogP contribution in [0.3, 0.4) is 0 Å². The highest BCUT2D eigenvalue weighted by Gasteiger charge is 2.38. The summed E-state index contributed by atoms with van der Waals surface area (Å²) in [5, 5.41) is 10.5. The second-order valence-corrected chi connectivity index (χ2v) is 2.17. The molecule has 1 heterocycles. The van der Waals surface area contributed by atoms with Crippen LogP contribution >= 0.6 is 0 Å². The van der Waals surface area contributed by atoms with Crippen molar-refractivity contribution in [2.24, 2.45) is 5.16 Å². The third kappa shape index (κ3) is 7.23. The molecule has 1 aliphatic rings. The number of rotatable bonds is 0. The largest absolute Gasteiger partial charge is 0.490 e. The molecule has 1 N–H and O–H groups in total. The van der Waals surface area contributed by atoms with Crippen LogP contribution in [-0.2, 0) is 14.4 Å². The predicted molar refractivity (Wildman–Crippen MR) is 42.0 cm³/mol. The first-order valence-corrected chi connectivity index (χ1v) is 3.51. The van der Waals surface area contributed by atoms with E-state index in [0.29, 0.717) is 6.42 Å². The summed E-state index contributed by atoms with van der Waals surface area (Å²) in [6.45, 7) is 0. The number of carboxylic acids is 1. The van der Waals surface area contributed by atoms with E-state index in [2.05, 4.69) is 9.99 Å². The topological polar surface area (TPSA) is 76.0 Å². The molecular formula is C7H6F3NO4. The zero-order valence-electron chi connectivity index (χ0n) is 7.19. The molecule has 0 spiro atoms. The lowest BCUT2D eigenvalue weighted by Gasteiger charge is -1.93. The molecule has 0 aromatic carbocycles. The molecule has 0 aromatic rings. The summed E-state index contributed by atoms with van der Waals surface area (Å²) in [7, 11) is 0. The molecule has 0 unspecified atom stereocenters. The summed E-state index contributed by atoms with van der Waals surface area (Å²) in [6, 6.07) is 0. The Hall–Kier alpha value is -1.86. The molecule has 15 heavy (non-hydrogen) atoms. The lowest BCUT2D eigenvalue weighted by atomic mass is 10.3. The van der Waals surface area contributed by atoms with E-state index in [1.54, 1.807) is 0 Å². The van der Waals surface area contributed by atoms with E-state index in [4.69, 9.17) is 9.90 Å². The smallest absolute Gasteiger partial charge is 0.475 e. The Morgan fingerprint density at radius 2 is 2.07 bits per heavy atom. The second-order valence-electron chi connectivity index (χ2n) is 2.17. The quantitative estimate of drug-likeness (QED) is 0.669. The maximum atomic E-state index is 10.6. The van der Waals surface area contributed by atoms with Gasteiger partial charge in [0.1, 0.15) is 6.26 Å². The molecule has 0 bridgehead atoms. The Bertz CT molecular complexity index is 295. The van der Waals surface area contributed by atoms with Crippen molar-refractivity contribution >= 4 is 18.0 Å². The summed E-state index contributed by atoms with van der Waals surface area (Å²) in [4.78, 5) is 23.8. The van der Waals surface area contributed by atoms with Gasteiger partial charge in [0.15, 0.2) is 5.78 Å². The van der Waals surface area contributed by atoms with Crippen LogP contribution in [0.15, 0.2) is 17.5 Å². The number of halogens is 3. The first kappa shape index (κ1) is 13.1. The van der Waals surface area contributed by atoms with Crippen molar-refractivity contribution < 1.29 is 32.7 Å². The average molecular weight is 225 g/mol. The molecule has 5 nitrogen and oxygen atoms in total. The van der Waals surface area contributed by atoms with E-state index in [1.165, 1.54) is 18.6 Å². The van der Waals surface area contributed by atoms with Crippen molar-refractivity contribution in [1.29, 1.82) is 0 Å². The Morgan fingerprint density at radius 1 is 1.53 bits per heavy atom. The first-order chi connectivity index (χ1) is 6.84. The van der Waals surface area contributed by atoms with E-state index in [0.717, 1.165) is 0 Å². The standard InChI is InChI=1S/C5H5NO2.C2HF3O2/c7-5-1-3-6-8-4-2-5;3-2(4,5)1(6)7/h2-4H,1H2;(H,6,7). The summed E-state index contributed by atoms with van der Waals surface area (Å²) in [5.74, 6) is -2.74. The number of ketones is 1. The van der Waals surface area contributed by atoms with Crippen molar-refractivity contribution in [2.45, 2.75) is 12.6 Å². The third-order valence-corrected chi connectivity index (χ3v) is 0.985. The highest BCUT2D eigenvalue weighted by Crippen LogP contribution is 2.13. The predicted octanol–water partition coefficient (Wildman–Crippen LogP) is 1.11. The molecule has 0 aromatic heterocycles. The lowest BCUT2D eigenvalue weighted by molar-refractivity contribution is -0.192. The van der Waals surface area contributed by atoms with Gasteiger partial charge in [0.05, 0.1) is 6.21 Å². The zero-order chi connectivity index (χ0) is 11.9. The fourth-order valence-corrected chi connectivity index (χ4v) is 0.380. The second kappa shape index (κ2) is 5.78. The summed E-state index contributed by atoms with van der Waals surface area (Å²) in [6.07, 6.45) is -0.683. The van der Waals surface area contributed by atoms with Gasteiger partial charge in [0.2, 0.25) is 0 Å². The van der Waals surface area contributed by atoms with Gasteiger partial charge >= 0.3 is 12.1 Å². The fourth-order valence-electron chi connectivity index (χ4n) is 0.380. The first-order valence-electron chi connectivity index (χ1n) is 3.51. The molecule has 0 radical (unpaired) electrons. The molecule has 1 aliphatic heterocycles. The highest BCUT2D eigenvalue weighted by atomic mass is 19.4. The number of hydrogen-bond donors (Lipinski definition) is 1. The van der Waals surface area contributed by atoms with Crippen LogP contribution in [0.1, 0.15) is 6.42 Å². The average Bonchev–Trinajstić information content (AvgIpc) is 2.32. The van der Waals surface area contributed by atoms with Crippen LogP contribution in [0, 0.1) is 0 Å². The van der Waals surface area contributed by atoms with Crippen LogP contribution < -0.4 is 0 Å². The highest BCUT2D eigenvalue weighted by molar-refractivity contribution is 5.98. The molecule has 0 atom stereocenters.